The molecule has 0 spiro atoms. The summed E-state index contributed by atoms with van der Waals surface area (Å²) in [6, 6.07) is 57.0. The molecule has 0 amide bonds. The Morgan fingerprint density at radius 3 is 2.05 bits per heavy atom. The highest BCUT2D eigenvalue weighted by molar-refractivity contribution is 7.26. The summed E-state index contributed by atoms with van der Waals surface area (Å²) in [7, 11) is 0. The van der Waals surface area contributed by atoms with E-state index < -0.39 is 0 Å². The maximum Gasteiger partial charge on any atom is 0.137 e. The number of aromatic nitrogens is 2. The van der Waals surface area contributed by atoms with Gasteiger partial charge in [0.05, 0.1) is 29.0 Å². The number of hydrogen-bond donors (Lipinski definition) is 1. The molecule has 2 aliphatic carbocycles. The average molecular weight is 765 g/mol. The first-order valence-corrected chi connectivity index (χ1v) is 20.9. The minimum absolute atomic E-state index is 0.125. The number of nitrogens with one attached hydrogen (secondary N) is 1. The van der Waals surface area contributed by atoms with Crippen molar-refractivity contribution in [2.24, 2.45) is 0 Å². The monoisotopic (exact) mass is 764 g/mol. The highest BCUT2D eigenvalue weighted by atomic mass is 32.1. The Labute approximate surface area is 342 Å². The summed E-state index contributed by atoms with van der Waals surface area (Å²) in [6.45, 7) is 0. The van der Waals surface area contributed by atoms with E-state index in [0.717, 1.165) is 35.7 Å². The summed E-state index contributed by atoms with van der Waals surface area (Å²) in [5, 5.41) is 8.97. The minimum Gasteiger partial charge on any atom is -0.377 e. The number of nitrogens with zero attached hydrogens (tertiary/aromatic N) is 3. The molecule has 3 heterocycles. The second-order valence-corrected chi connectivity index (χ2v) is 16.2. The third-order valence-electron chi connectivity index (χ3n) is 11.7. The van der Waals surface area contributed by atoms with E-state index in [-0.39, 0.29) is 12.0 Å². The molecular formula is C53H40N4S. The van der Waals surface area contributed by atoms with Crippen molar-refractivity contribution >= 4 is 76.1 Å². The van der Waals surface area contributed by atoms with Crippen molar-refractivity contribution in [2.75, 3.05) is 10.2 Å². The van der Waals surface area contributed by atoms with Gasteiger partial charge in [-0.05, 0) is 90.2 Å². The Hall–Kier alpha value is -6.95. The standard InChI is InChI=1S/C53H40N4S/c1-2-13-36(14-3-1)42-15-4-8-21-48(42)55-38-27-34-52(54-35-38)56(39-28-25-37(26-29-39)43-19-12-20-47-46-18-7-11-24-51(46)58-53(43)47)40-30-32-41(33-31-40)57-49-22-9-5-16-44(49)45-17-6-10-23-50(45)57/h1-25,27-28,30-35,42,48,55H,26,29H2. The first-order valence-electron chi connectivity index (χ1n) is 20.1. The molecular weight excluding hydrogens is 725 g/mol. The van der Waals surface area contributed by atoms with Crippen LogP contribution >= 0.6 is 11.3 Å². The van der Waals surface area contributed by atoms with Crippen LogP contribution in [0.5, 0.6) is 0 Å². The normalized spacial score (nSPS) is 16.6. The molecule has 9 aromatic rings. The van der Waals surface area contributed by atoms with Crippen LogP contribution in [-0.2, 0) is 0 Å². The Balaban J connectivity index is 0.963. The number of thiophene rings is 1. The number of hydrogen-bond acceptors (Lipinski definition) is 4. The van der Waals surface area contributed by atoms with Crippen molar-refractivity contribution < 1.29 is 0 Å². The van der Waals surface area contributed by atoms with E-state index in [4.69, 9.17) is 4.98 Å². The van der Waals surface area contributed by atoms with Crippen molar-refractivity contribution in [3.8, 4) is 5.69 Å². The van der Waals surface area contributed by atoms with Gasteiger partial charge in [-0.1, -0.05) is 134 Å². The van der Waals surface area contributed by atoms with Gasteiger partial charge in [0.2, 0.25) is 0 Å². The molecule has 2 atom stereocenters. The van der Waals surface area contributed by atoms with Gasteiger partial charge in [-0.2, -0.15) is 0 Å². The van der Waals surface area contributed by atoms with Crippen molar-refractivity contribution in [2.45, 2.75) is 24.8 Å². The molecule has 0 fully saturated rings. The Bertz CT molecular complexity index is 3040. The fourth-order valence-electron chi connectivity index (χ4n) is 8.97. The van der Waals surface area contributed by atoms with Crippen LogP contribution in [0.4, 0.5) is 17.2 Å². The topological polar surface area (TPSA) is 33.1 Å². The van der Waals surface area contributed by atoms with Gasteiger partial charge in [-0.25, -0.2) is 4.98 Å². The van der Waals surface area contributed by atoms with E-state index in [9.17, 15) is 0 Å². The first-order chi connectivity index (χ1) is 28.8. The number of rotatable bonds is 8. The molecule has 0 bridgehead atoms. The second-order valence-electron chi connectivity index (χ2n) is 15.1. The highest BCUT2D eigenvalue weighted by Crippen LogP contribution is 2.42. The summed E-state index contributed by atoms with van der Waals surface area (Å²) in [6.07, 6.45) is 17.2. The predicted octanol–water partition coefficient (Wildman–Crippen LogP) is 14.1. The fraction of sp³-hybridized carbons (Fsp3) is 0.0755. The van der Waals surface area contributed by atoms with Gasteiger partial charge >= 0.3 is 0 Å². The quantitative estimate of drug-likeness (QED) is 0.167. The molecule has 0 saturated heterocycles. The zero-order chi connectivity index (χ0) is 38.4. The molecule has 278 valence electrons. The lowest BCUT2D eigenvalue weighted by atomic mass is 9.88. The zero-order valence-electron chi connectivity index (χ0n) is 31.9. The van der Waals surface area contributed by atoms with Crippen LogP contribution in [0.3, 0.4) is 0 Å². The number of pyridine rings is 1. The molecule has 4 nitrogen and oxygen atoms in total. The van der Waals surface area contributed by atoms with Gasteiger partial charge in [0, 0.05) is 53.9 Å². The summed E-state index contributed by atoms with van der Waals surface area (Å²) in [4.78, 5) is 7.48. The lowest BCUT2D eigenvalue weighted by molar-refractivity contribution is 0.755. The third-order valence-corrected chi connectivity index (χ3v) is 13.0. The minimum atomic E-state index is 0.125. The van der Waals surface area contributed by atoms with Gasteiger partial charge < -0.3 is 9.88 Å². The van der Waals surface area contributed by atoms with Crippen molar-refractivity contribution in [1.82, 2.24) is 9.55 Å². The number of anilines is 3. The van der Waals surface area contributed by atoms with Crippen LogP contribution < -0.4 is 10.2 Å². The van der Waals surface area contributed by atoms with Crippen molar-refractivity contribution in [3.05, 3.63) is 217 Å². The van der Waals surface area contributed by atoms with E-state index in [0.29, 0.717) is 0 Å². The molecule has 11 rings (SSSR count). The molecule has 2 unspecified atom stereocenters. The van der Waals surface area contributed by atoms with Gasteiger partial charge in [-0.3, -0.25) is 4.90 Å². The maximum atomic E-state index is 5.15. The summed E-state index contributed by atoms with van der Waals surface area (Å²) in [5.41, 5.74) is 10.8. The van der Waals surface area contributed by atoms with E-state index in [1.807, 2.05) is 17.5 Å². The summed E-state index contributed by atoms with van der Waals surface area (Å²) < 4.78 is 5.08. The number of benzene rings is 6. The largest absolute Gasteiger partial charge is 0.377 e. The van der Waals surface area contributed by atoms with E-state index in [1.54, 1.807) is 0 Å². The van der Waals surface area contributed by atoms with E-state index >= 15 is 0 Å². The molecule has 0 saturated carbocycles. The van der Waals surface area contributed by atoms with Crippen LogP contribution in [0.15, 0.2) is 206 Å². The van der Waals surface area contributed by atoms with E-state index in [1.165, 1.54) is 64.4 Å². The summed E-state index contributed by atoms with van der Waals surface area (Å²) >= 11 is 1.90. The van der Waals surface area contributed by atoms with Crippen LogP contribution in [-0.4, -0.2) is 15.6 Å². The van der Waals surface area contributed by atoms with Crippen LogP contribution in [0.2, 0.25) is 0 Å². The molecule has 3 aromatic heterocycles. The molecule has 6 aromatic carbocycles. The molecule has 1 N–H and O–H groups in total. The SMILES string of the molecule is C1=CC(Nc2ccc(N(C3=CC=C(c4cccc5c4sc4ccccc45)CC3)c3ccc(-n4c5ccccc5c5ccccc54)cc3)nc2)C(c2ccccc2)C=C1. The van der Waals surface area contributed by atoms with Gasteiger partial charge in [0.15, 0.2) is 0 Å². The van der Waals surface area contributed by atoms with Gasteiger partial charge in [-0.15, -0.1) is 11.3 Å². The van der Waals surface area contributed by atoms with Crippen LogP contribution in [0, 0.1) is 0 Å². The molecule has 2 aliphatic rings. The van der Waals surface area contributed by atoms with Crippen molar-refractivity contribution in [1.29, 1.82) is 0 Å². The molecule has 58 heavy (non-hydrogen) atoms. The predicted molar refractivity (Wildman–Crippen MR) is 247 cm³/mol. The number of allylic oxidation sites excluding steroid dienone is 6. The van der Waals surface area contributed by atoms with E-state index in [2.05, 4.69) is 209 Å². The Kier molecular flexibility index (Phi) is 8.59. The van der Waals surface area contributed by atoms with Crippen molar-refractivity contribution in [3.63, 3.8) is 0 Å². The first kappa shape index (κ1) is 34.3. The van der Waals surface area contributed by atoms with Crippen LogP contribution in [0.25, 0.3) is 53.2 Å². The highest BCUT2D eigenvalue weighted by Gasteiger charge is 2.23. The maximum absolute atomic E-state index is 5.15. The molecule has 0 radical (unpaired) electrons. The second kappa shape index (κ2) is 14.5. The Morgan fingerprint density at radius 2 is 1.31 bits per heavy atom. The molecule has 0 aliphatic heterocycles. The van der Waals surface area contributed by atoms with Gasteiger partial charge in [0.25, 0.3) is 0 Å². The molecule has 5 heteroatoms. The smallest absolute Gasteiger partial charge is 0.137 e. The lowest BCUT2D eigenvalue weighted by Crippen LogP contribution is -2.26. The summed E-state index contributed by atoms with van der Waals surface area (Å²) in [5.74, 6) is 1.13. The number of fused-ring (bicyclic) bond motifs is 6. The average Bonchev–Trinajstić information content (AvgIpc) is 3.84. The van der Waals surface area contributed by atoms with Gasteiger partial charge in [0.1, 0.15) is 5.82 Å². The number of para-hydroxylation sites is 2. The zero-order valence-corrected chi connectivity index (χ0v) is 32.7. The Morgan fingerprint density at radius 1 is 0.603 bits per heavy atom. The third kappa shape index (κ3) is 6.03. The lowest BCUT2D eigenvalue weighted by Gasteiger charge is -2.30. The van der Waals surface area contributed by atoms with Crippen LogP contribution in [0.1, 0.15) is 29.9 Å². The fourth-order valence-corrected chi connectivity index (χ4v) is 10.2.